The van der Waals surface area contributed by atoms with Crippen molar-refractivity contribution in [3.63, 3.8) is 0 Å². The van der Waals surface area contributed by atoms with Crippen LogP contribution in [0.25, 0.3) is 0 Å². The van der Waals surface area contributed by atoms with Crippen LogP contribution in [-0.2, 0) is 11.3 Å². The fourth-order valence-corrected chi connectivity index (χ4v) is 2.94. The molecule has 0 N–H and O–H groups in total. The van der Waals surface area contributed by atoms with Gasteiger partial charge < -0.3 is 9.47 Å². The highest BCUT2D eigenvalue weighted by Gasteiger charge is 2.22. The Labute approximate surface area is 144 Å². The molecular weight excluding hydrogens is 318 g/mol. The van der Waals surface area contributed by atoms with Gasteiger partial charge in [0, 0.05) is 30.4 Å². The number of carbonyl (C=O) groups excluding carboxylic acids is 2. The van der Waals surface area contributed by atoms with Gasteiger partial charge in [-0.15, -0.1) is 0 Å². The lowest BCUT2D eigenvalue weighted by atomic mass is 10.1. The predicted molar refractivity (Wildman–Crippen MR) is 92.5 cm³/mol. The first kappa shape index (κ1) is 16.7. The Kier molecular flexibility index (Phi) is 4.48. The Morgan fingerprint density at radius 1 is 1.28 bits per heavy atom. The van der Waals surface area contributed by atoms with E-state index in [-0.39, 0.29) is 23.8 Å². The van der Waals surface area contributed by atoms with Crippen LogP contribution in [0.4, 0.5) is 5.69 Å². The maximum absolute atomic E-state index is 12.6. The Bertz CT molecular complexity index is 953. The largest absolute Gasteiger partial charge is 0.312 e. The van der Waals surface area contributed by atoms with Gasteiger partial charge in [-0.05, 0) is 37.1 Å². The first-order valence-corrected chi connectivity index (χ1v) is 8.05. The molecule has 1 aromatic heterocycles. The molecule has 1 fully saturated rings. The van der Waals surface area contributed by atoms with Gasteiger partial charge in [0.15, 0.2) is 5.78 Å². The SMILES string of the molecule is Cc1ccn(CC(=O)c2cccc(N3CCCC3=O)c2)c(=O)c1C#N. The van der Waals surface area contributed by atoms with Gasteiger partial charge in [0.05, 0.1) is 6.54 Å². The van der Waals surface area contributed by atoms with Crippen LogP contribution in [0.3, 0.4) is 0 Å². The Morgan fingerprint density at radius 3 is 2.76 bits per heavy atom. The van der Waals surface area contributed by atoms with Crippen molar-refractivity contribution in [1.82, 2.24) is 4.57 Å². The zero-order valence-electron chi connectivity index (χ0n) is 13.9. The molecule has 0 saturated carbocycles. The van der Waals surface area contributed by atoms with Crippen molar-refractivity contribution in [2.24, 2.45) is 0 Å². The van der Waals surface area contributed by atoms with E-state index in [9.17, 15) is 14.4 Å². The average Bonchev–Trinajstić information content (AvgIpc) is 3.04. The molecular formula is C19H17N3O3. The minimum absolute atomic E-state index is 0.0479. The van der Waals surface area contributed by atoms with E-state index in [0.29, 0.717) is 29.8 Å². The molecule has 126 valence electrons. The second-order valence-electron chi connectivity index (χ2n) is 6.04. The molecule has 6 heteroatoms. The lowest BCUT2D eigenvalue weighted by Crippen LogP contribution is -2.27. The molecule has 1 aliphatic rings. The number of hydrogen-bond acceptors (Lipinski definition) is 4. The van der Waals surface area contributed by atoms with Gasteiger partial charge in [-0.2, -0.15) is 5.26 Å². The van der Waals surface area contributed by atoms with Crippen molar-refractivity contribution < 1.29 is 9.59 Å². The lowest BCUT2D eigenvalue weighted by Gasteiger charge is -2.16. The number of aryl methyl sites for hydroxylation is 1. The Morgan fingerprint density at radius 2 is 2.08 bits per heavy atom. The van der Waals surface area contributed by atoms with E-state index in [1.807, 2.05) is 6.07 Å². The van der Waals surface area contributed by atoms with Crippen LogP contribution >= 0.6 is 0 Å². The van der Waals surface area contributed by atoms with Gasteiger partial charge in [0.2, 0.25) is 5.91 Å². The number of amides is 1. The number of pyridine rings is 1. The van der Waals surface area contributed by atoms with Gasteiger partial charge in [-0.3, -0.25) is 14.4 Å². The van der Waals surface area contributed by atoms with Crippen LogP contribution < -0.4 is 10.5 Å². The van der Waals surface area contributed by atoms with Gasteiger partial charge in [0.25, 0.3) is 5.56 Å². The highest BCUT2D eigenvalue weighted by Crippen LogP contribution is 2.22. The molecule has 2 heterocycles. The highest BCUT2D eigenvalue weighted by molar-refractivity contribution is 5.99. The molecule has 0 bridgehead atoms. The zero-order chi connectivity index (χ0) is 18.0. The molecule has 0 atom stereocenters. The number of ketones is 1. The molecule has 1 aliphatic heterocycles. The van der Waals surface area contributed by atoms with Crippen LogP contribution in [0.2, 0.25) is 0 Å². The summed E-state index contributed by atoms with van der Waals surface area (Å²) in [5.74, 6) is -0.193. The number of aromatic nitrogens is 1. The van der Waals surface area contributed by atoms with Crippen LogP contribution in [0.15, 0.2) is 41.3 Å². The minimum Gasteiger partial charge on any atom is -0.312 e. The molecule has 2 aromatic rings. The predicted octanol–water partition coefficient (Wildman–Crippen LogP) is 2.04. The summed E-state index contributed by atoms with van der Waals surface area (Å²) < 4.78 is 1.24. The minimum atomic E-state index is -0.471. The number of carbonyl (C=O) groups is 2. The van der Waals surface area contributed by atoms with E-state index in [1.165, 1.54) is 10.8 Å². The molecule has 25 heavy (non-hydrogen) atoms. The third-order valence-corrected chi connectivity index (χ3v) is 4.35. The summed E-state index contributed by atoms with van der Waals surface area (Å²) in [5, 5.41) is 9.07. The van der Waals surface area contributed by atoms with Gasteiger partial charge in [-0.1, -0.05) is 12.1 Å². The fraction of sp³-hybridized carbons (Fsp3) is 0.263. The Balaban J connectivity index is 1.87. The van der Waals surface area contributed by atoms with Gasteiger partial charge in [-0.25, -0.2) is 0 Å². The van der Waals surface area contributed by atoms with Crippen molar-refractivity contribution >= 4 is 17.4 Å². The zero-order valence-corrected chi connectivity index (χ0v) is 13.9. The molecule has 0 spiro atoms. The van der Waals surface area contributed by atoms with E-state index in [4.69, 9.17) is 5.26 Å². The summed E-state index contributed by atoms with van der Waals surface area (Å²) in [5.41, 5.74) is 1.30. The second kappa shape index (κ2) is 6.73. The first-order chi connectivity index (χ1) is 12.0. The smallest absolute Gasteiger partial charge is 0.269 e. The maximum Gasteiger partial charge on any atom is 0.269 e. The first-order valence-electron chi connectivity index (χ1n) is 8.05. The highest BCUT2D eigenvalue weighted by atomic mass is 16.2. The Hall–Kier alpha value is -3.20. The second-order valence-corrected chi connectivity index (χ2v) is 6.04. The molecule has 0 radical (unpaired) electrons. The van der Waals surface area contributed by atoms with Crippen molar-refractivity contribution in [2.45, 2.75) is 26.3 Å². The number of hydrogen-bond donors (Lipinski definition) is 0. The maximum atomic E-state index is 12.6. The van der Waals surface area contributed by atoms with Crippen LogP contribution in [-0.4, -0.2) is 22.8 Å². The topological polar surface area (TPSA) is 83.2 Å². The summed E-state index contributed by atoms with van der Waals surface area (Å²) in [6, 6.07) is 10.4. The van der Waals surface area contributed by atoms with Crippen LogP contribution in [0, 0.1) is 18.3 Å². The van der Waals surface area contributed by atoms with Crippen molar-refractivity contribution in [2.75, 3.05) is 11.4 Å². The van der Waals surface area contributed by atoms with E-state index in [1.54, 1.807) is 42.2 Å². The molecule has 3 rings (SSSR count). The molecule has 1 aromatic carbocycles. The van der Waals surface area contributed by atoms with Gasteiger partial charge >= 0.3 is 0 Å². The molecule has 6 nitrogen and oxygen atoms in total. The number of Topliss-reactive ketones (excluding diaryl/α,β-unsaturated/α-hetero) is 1. The third-order valence-electron chi connectivity index (χ3n) is 4.35. The normalized spacial score (nSPS) is 13.8. The number of nitrogens with zero attached hydrogens (tertiary/aromatic N) is 3. The van der Waals surface area contributed by atoms with Crippen molar-refractivity contribution in [3.05, 3.63) is 63.6 Å². The molecule has 0 aliphatic carbocycles. The quantitative estimate of drug-likeness (QED) is 0.801. The summed E-state index contributed by atoms with van der Waals surface area (Å²) in [6.45, 7) is 2.19. The summed E-state index contributed by atoms with van der Waals surface area (Å²) in [4.78, 5) is 38.3. The van der Waals surface area contributed by atoms with E-state index < -0.39 is 5.56 Å². The standard InChI is InChI=1S/C19H17N3O3/c1-13-7-9-21(19(25)16(13)11-20)12-17(23)14-4-2-5-15(10-14)22-8-3-6-18(22)24/h2,4-5,7,9-10H,3,6,8,12H2,1H3. The summed E-state index contributed by atoms with van der Waals surface area (Å²) in [7, 11) is 0. The lowest BCUT2D eigenvalue weighted by molar-refractivity contribution is -0.117. The number of benzene rings is 1. The van der Waals surface area contributed by atoms with Crippen molar-refractivity contribution in [1.29, 1.82) is 5.26 Å². The van der Waals surface area contributed by atoms with E-state index in [2.05, 4.69) is 0 Å². The monoisotopic (exact) mass is 335 g/mol. The van der Waals surface area contributed by atoms with Crippen LogP contribution in [0.5, 0.6) is 0 Å². The third kappa shape index (κ3) is 3.22. The number of nitriles is 1. The average molecular weight is 335 g/mol. The number of rotatable bonds is 4. The fourth-order valence-electron chi connectivity index (χ4n) is 2.94. The summed E-state index contributed by atoms with van der Waals surface area (Å²) in [6.07, 6.45) is 2.85. The molecule has 0 unspecified atom stereocenters. The molecule has 1 saturated heterocycles. The van der Waals surface area contributed by atoms with Crippen molar-refractivity contribution in [3.8, 4) is 6.07 Å². The van der Waals surface area contributed by atoms with Gasteiger partial charge in [0.1, 0.15) is 11.6 Å². The van der Waals surface area contributed by atoms with E-state index in [0.717, 1.165) is 6.42 Å². The number of anilines is 1. The van der Waals surface area contributed by atoms with E-state index >= 15 is 0 Å². The summed E-state index contributed by atoms with van der Waals surface area (Å²) >= 11 is 0. The van der Waals surface area contributed by atoms with Crippen LogP contribution in [0.1, 0.15) is 34.3 Å². The molecule has 1 amide bonds.